The molecule has 7 aromatic rings. The number of aliphatic imine (C=N–C) groups is 1. The lowest BCUT2D eigenvalue weighted by Crippen LogP contribution is -2.12. The third-order valence-corrected chi connectivity index (χ3v) is 10.5. The van der Waals surface area contributed by atoms with Crippen LogP contribution in [0.5, 0.6) is 0 Å². The van der Waals surface area contributed by atoms with Crippen LogP contribution in [0.2, 0.25) is 0 Å². The summed E-state index contributed by atoms with van der Waals surface area (Å²) in [6, 6.07) is 43.6. The highest BCUT2D eigenvalue weighted by atomic mass is 32.1. The quantitative estimate of drug-likeness (QED) is 0.173. The molecule has 2 heterocycles. The van der Waals surface area contributed by atoms with Gasteiger partial charge in [-0.3, -0.25) is 4.99 Å². The van der Waals surface area contributed by atoms with Crippen LogP contribution in [-0.2, 0) is 5.92 Å². The lowest BCUT2D eigenvalue weighted by molar-refractivity contribution is -0.00830. The summed E-state index contributed by atoms with van der Waals surface area (Å²) in [7, 11) is 0. The van der Waals surface area contributed by atoms with Crippen LogP contribution in [0.25, 0.3) is 42.1 Å². The molecule has 6 aromatic carbocycles. The molecule has 1 aliphatic rings. The van der Waals surface area contributed by atoms with Gasteiger partial charge in [0.2, 0.25) is 0 Å². The van der Waals surface area contributed by atoms with E-state index in [9.17, 15) is 8.78 Å². The van der Waals surface area contributed by atoms with E-state index in [-0.39, 0.29) is 17.9 Å². The van der Waals surface area contributed by atoms with Gasteiger partial charge >= 0.3 is 0 Å². The first kappa shape index (κ1) is 27.8. The van der Waals surface area contributed by atoms with Gasteiger partial charge in [0.25, 0.3) is 5.92 Å². The second kappa shape index (κ2) is 11.0. The maximum atomic E-state index is 14.6. The van der Waals surface area contributed by atoms with Gasteiger partial charge in [0.1, 0.15) is 0 Å². The normalized spacial score (nSPS) is 15.3. The van der Waals surface area contributed by atoms with E-state index in [1.54, 1.807) is 12.1 Å². The van der Waals surface area contributed by atoms with Crippen molar-refractivity contribution in [2.24, 2.45) is 4.99 Å². The van der Waals surface area contributed by atoms with Crippen molar-refractivity contribution in [3.05, 3.63) is 150 Å². The summed E-state index contributed by atoms with van der Waals surface area (Å²) in [6.07, 6.45) is 1.39. The molecule has 8 rings (SSSR count). The number of benzene rings is 6. The molecule has 1 aliphatic heterocycles. The van der Waals surface area contributed by atoms with E-state index in [1.165, 1.54) is 49.2 Å². The van der Waals surface area contributed by atoms with Crippen LogP contribution in [0, 0.1) is 0 Å². The summed E-state index contributed by atoms with van der Waals surface area (Å²) >= 11 is 1.81. The molecule has 0 unspecified atom stereocenters. The number of halogens is 2. The van der Waals surface area contributed by atoms with Crippen molar-refractivity contribution in [1.82, 2.24) is 0 Å². The van der Waals surface area contributed by atoms with E-state index in [2.05, 4.69) is 103 Å². The number of nitrogens with zero attached hydrogens (tertiary/aromatic N) is 1. The van der Waals surface area contributed by atoms with Crippen LogP contribution in [0.3, 0.4) is 0 Å². The lowest BCUT2D eigenvalue weighted by atomic mass is 9.81. The average molecular weight is 608 g/mol. The van der Waals surface area contributed by atoms with Crippen molar-refractivity contribution in [3.63, 3.8) is 0 Å². The average Bonchev–Trinajstić information content (AvgIpc) is 3.43. The molecular formula is C41H31F2NS. The summed E-state index contributed by atoms with van der Waals surface area (Å²) in [5, 5.41) is 5.92. The van der Waals surface area contributed by atoms with Gasteiger partial charge in [0.15, 0.2) is 0 Å². The summed E-state index contributed by atoms with van der Waals surface area (Å²) < 4.78 is 30.4. The Kier molecular flexibility index (Phi) is 6.84. The predicted octanol–water partition coefficient (Wildman–Crippen LogP) is 12.4. The van der Waals surface area contributed by atoms with Crippen LogP contribution >= 0.6 is 11.3 Å². The Morgan fingerprint density at radius 3 is 2.04 bits per heavy atom. The lowest BCUT2D eigenvalue weighted by Gasteiger charge is -2.22. The zero-order valence-electron chi connectivity index (χ0n) is 24.9. The molecule has 45 heavy (non-hydrogen) atoms. The molecule has 1 atom stereocenters. The van der Waals surface area contributed by atoms with Crippen LogP contribution in [0.4, 0.5) is 14.5 Å². The van der Waals surface area contributed by atoms with Gasteiger partial charge in [-0.15, -0.1) is 11.3 Å². The van der Waals surface area contributed by atoms with Crippen LogP contribution in [-0.4, -0.2) is 5.71 Å². The van der Waals surface area contributed by atoms with Gasteiger partial charge < -0.3 is 0 Å². The number of fused-ring (bicyclic) bond motifs is 7. The number of hydrogen-bond acceptors (Lipinski definition) is 2. The molecule has 1 nitrogen and oxygen atoms in total. The van der Waals surface area contributed by atoms with E-state index in [0.717, 1.165) is 40.8 Å². The second-order valence-corrected chi connectivity index (χ2v) is 13.0. The summed E-state index contributed by atoms with van der Waals surface area (Å²) in [5.41, 5.74) is 6.64. The standard InChI is InChI=1S/C41H31F2NS/c1-2-41(42,43)30-21-19-26(20-22-30)31-23-24-36(27-15-17-28(18-16-27)38-25-29-9-3-8-14-37(29)45-38)44-40-35-13-7-5-11-33(35)32-10-4-6-12-34(32)39(31)40/h3-22,25,31H,2,23-24H2,1H3/t31-/m1/s1. The highest BCUT2D eigenvalue weighted by Gasteiger charge is 2.30. The molecule has 0 radical (unpaired) electrons. The van der Waals surface area contributed by atoms with Crippen LogP contribution in [0.15, 0.2) is 132 Å². The fourth-order valence-corrected chi connectivity index (χ4v) is 7.96. The smallest absolute Gasteiger partial charge is 0.252 e. The van der Waals surface area contributed by atoms with Gasteiger partial charge in [-0.05, 0) is 68.8 Å². The van der Waals surface area contributed by atoms with Crippen molar-refractivity contribution in [3.8, 4) is 10.4 Å². The van der Waals surface area contributed by atoms with Crippen LogP contribution < -0.4 is 0 Å². The zero-order valence-corrected chi connectivity index (χ0v) is 25.8. The van der Waals surface area contributed by atoms with Crippen molar-refractivity contribution in [1.29, 1.82) is 0 Å². The molecule has 0 saturated heterocycles. The van der Waals surface area contributed by atoms with Crippen molar-refractivity contribution >= 4 is 54.4 Å². The molecule has 1 aromatic heterocycles. The van der Waals surface area contributed by atoms with Crippen molar-refractivity contribution in [2.75, 3.05) is 0 Å². The van der Waals surface area contributed by atoms with E-state index in [0.29, 0.717) is 0 Å². The summed E-state index contributed by atoms with van der Waals surface area (Å²) in [5.74, 6) is -2.82. The molecule has 220 valence electrons. The van der Waals surface area contributed by atoms with Crippen molar-refractivity contribution < 1.29 is 8.78 Å². The number of alkyl halides is 2. The van der Waals surface area contributed by atoms with Gasteiger partial charge in [-0.2, -0.15) is 0 Å². The number of hydrogen-bond donors (Lipinski definition) is 0. The first-order chi connectivity index (χ1) is 22.0. The van der Waals surface area contributed by atoms with E-state index in [1.807, 2.05) is 23.5 Å². The fourth-order valence-electron chi connectivity index (χ4n) is 6.90. The minimum absolute atomic E-state index is 0.0119. The SMILES string of the molecule is CCC(F)(F)c1ccc([C@H]2CCC(c3ccc(-c4cc5ccccc5s4)cc3)=Nc3c2c2ccccc2c2ccccc32)cc1. The Bertz CT molecular complexity index is 2190. The third-order valence-electron chi connectivity index (χ3n) is 9.32. The van der Waals surface area contributed by atoms with E-state index < -0.39 is 5.92 Å². The van der Waals surface area contributed by atoms with E-state index >= 15 is 0 Å². The Balaban J connectivity index is 1.27. The molecule has 0 spiro atoms. The van der Waals surface area contributed by atoms with Gasteiger partial charge in [-0.25, -0.2) is 8.78 Å². The number of thiophene rings is 1. The molecule has 0 bridgehead atoms. The highest BCUT2D eigenvalue weighted by Crippen LogP contribution is 2.48. The largest absolute Gasteiger partial charge is 0.273 e. The van der Waals surface area contributed by atoms with Crippen molar-refractivity contribution in [2.45, 2.75) is 38.0 Å². The molecular weight excluding hydrogens is 577 g/mol. The fraction of sp³-hybridized carbons (Fsp3) is 0.146. The monoisotopic (exact) mass is 607 g/mol. The summed E-state index contributed by atoms with van der Waals surface area (Å²) in [4.78, 5) is 6.73. The van der Waals surface area contributed by atoms with E-state index in [4.69, 9.17) is 4.99 Å². The zero-order chi connectivity index (χ0) is 30.5. The minimum atomic E-state index is -2.83. The molecule has 4 heteroatoms. The maximum Gasteiger partial charge on any atom is 0.273 e. The van der Waals surface area contributed by atoms with Gasteiger partial charge in [0, 0.05) is 38.6 Å². The maximum absolute atomic E-state index is 14.6. The predicted molar refractivity (Wildman–Crippen MR) is 187 cm³/mol. The van der Waals surface area contributed by atoms with Gasteiger partial charge in [0.05, 0.1) is 5.69 Å². The first-order valence-electron chi connectivity index (χ1n) is 15.6. The Labute approximate surface area is 265 Å². The summed E-state index contributed by atoms with van der Waals surface area (Å²) in [6.45, 7) is 1.53. The van der Waals surface area contributed by atoms with Crippen LogP contribution in [0.1, 0.15) is 54.4 Å². The first-order valence-corrected chi connectivity index (χ1v) is 16.4. The van der Waals surface area contributed by atoms with Gasteiger partial charge in [-0.1, -0.05) is 122 Å². The molecule has 0 saturated carbocycles. The molecule has 0 fully saturated rings. The molecule has 0 amide bonds. The Hall–Kier alpha value is -4.67. The Morgan fingerprint density at radius 2 is 1.33 bits per heavy atom. The topological polar surface area (TPSA) is 12.4 Å². The Morgan fingerprint density at radius 1 is 0.711 bits per heavy atom. The highest BCUT2D eigenvalue weighted by molar-refractivity contribution is 7.22. The molecule has 0 aliphatic carbocycles. The molecule has 0 N–H and O–H groups in total. The second-order valence-electron chi connectivity index (χ2n) is 11.9. The minimum Gasteiger partial charge on any atom is -0.252 e. The third kappa shape index (κ3) is 4.85. The number of rotatable bonds is 5.